The van der Waals surface area contributed by atoms with Gasteiger partial charge in [0.2, 0.25) is 0 Å². The van der Waals surface area contributed by atoms with Crippen LogP contribution in [-0.2, 0) is 13.6 Å². The van der Waals surface area contributed by atoms with E-state index in [0.29, 0.717) is 6.54 Å². The largest absolute Gasteiger partial charge is 0.466 e. The normalized spacial score (nSPS) is 12.9. The lowest BCUT2D eigenvalue weighted by molar-refractivity contribution is 0.486. The summed E-state index contributed by atoms with van der Waals surface area (Å²) in [5.74, 6) is 2.85. The summed E-state index contributed by atoms with van der Waals surface area (Å²) in [6, 6.07) is 2.31. The van der Waals surface area contributed by atoms with Gasteiger partial charge in [-0.25, -0.2) is 4.98 Å². The first kappa shape index (κ1) is 11.9. The fourth-order valence-corrected chi connectivity index (χ4v) is 1.91. The van der Waals surface area contributed by atoms with Crippen LogP contribution in [0.2, 0.25) is 0 Å². The van der Waals surface area contributed by atoms with Gasteiger partial charge in [0, 0.05) is 18.7 Å². The second kappa shape index (κ2) is 4.71. The quantitative estimate of drug-likeness (QED) is 0.877. The maximum absolute atomic E-state index is 5.52. The minimum atomic E-state index is 0.240. The number of hydrogen-bond acceptors (Lipinski definition) is 4. The van der Waals surface area contributed by atoms with Crippen LogP contribution in [0.4, 0.5) is 0 Å². The molecule has 0 saturated carbocycles. The van der Waals surface area contributed by atoms with E-state index in [4.69, 9.17) is 4.42 Å². The van der Waals surface area contributed by atoms with Crippen LogP contribution < -0.4 is 5.32 Å². The Kier molecular flexibility index (Phi) is 3.28. The number of aryl methyl sites for hydroxylation is 3. The van der Waals surface area contributed by atoms with Crippen LogP contribution in [0.1, 0.15) is 35.9 Å². The summed E-state index contributed by atoms with van der Waals surface area (Å²) < 4.78 is 7.29. The second-order valence-corrected chi connectivity index (χ2v) is 4.27. The minimum absolute atomic E-state index is 0.240. The molecule has 2 heterocycles. The molecule has 0 aromatic carbocycles. The van der Waals surface area contributed by atoms with Gasteiger partial charge >= 0.3 is 0 Å². The first-order valence-electron chi connectivity index (χ1n) is 5.71. The Bertz CT molecular complexity index is 500. The van der Waals surface area contributed by atoms with Crippen molar-refractivity contribution in [3.63, 3.8) is 0 Å². The molecule has 92 valence electrons. The van der Waals surface area contributed by atoms with Crippen LogP contribution in [-0.4, -0.2) is 14.8 Å². The molecule has 1 atom stereocenters. The molecule has 0 radical (unpaired) electrons. The van der Waals surface area contributed by atoms with Gasteiger partial charge in [-0.3, -0.25) is 4.68 Å². The van der Waals surface area contributed by atoms with Gasteiger partial charge in [-0.15, -0.1) is 0 Å². The first-order valence-corrected chi connectivity index (χ1v) is 5.71. The van der Waals surface area contributed by atoms with Crippen LogP contribution in [0.5, 0.6) is 0 Å². The van der Waals surface area contributed by atoms with E-state index in [1.807, 2.05) is 20.9 Å². The Balaban J connectivity index is 2.00. The predicted octanol–water partition coefficient (Wildman–Crippen LogP) is 1.88. The molecule has 17 heavy (non-hydrogen) atoms. The van der Waals surface area contributed by atoms with Crippen molar-refractivity contribution in [2.24, 2.45) is 7.05 Å². The van der Waals surface area contributed by atoms with Gasteiger partial charge in [0.25, 0.3) is 0 Å². The maximum Gasteiger partial charge on any atom is 0.140 e. The fraction of sp³-hybridized carbons (Fsp3) is 0.500. The topological polar surface area (TPSA) is 55.9 Å². The summed E-state index contributed by atoms with van der Waals surface area (Å²) in [5, 5.41) is 7.45. The highest BCUT2D eigenvalue weighted by atomic mass is 16.3. The molecule has 0 bridgehead atoms. The molecular weight excluding hydrogens is 216 g/mol. The SMILES string of the molecule is Cc1cc(C(C)NCc2ncnn2C)c(C)o1. The molecule has 2 aromatic heterocycles. The molecule has 1 N–H and O–H groups in total. The molecule has 5 nitrogen and oxygen atoms in total. The molecule has 0 aliphatic rings. The summed E-state index contributed by atoms with van der Waals surface area (Å²) >= 11 is 0. The van der Waals surface area contributed by atoms with E-state index in [0.717, 1.165) is 17.3 Å². The number of rotatable bonds is 4. The number of nitrogens with zero attached hydrogens (tertiary/aromatic N) is 3. The van der Waals surface area contributed by atoms with Gasteiger partial charge in [0.05, 0.1) is 6.54 Å². The van der Waals surface area contributed by atoms with Crippen molar-refractivity contribution in [2.75, 3.05) is 0 Å². The Morgan fingerprint density at radius 3 is 2.76 bits per heavy atom. The second-order valence-electron chi connectivity index (χ2n) is 4.27. The highest BCUT2D eigenvalue weighted by Crippen LogP contribution is 2.21. The fourth-order valence-electron chi connectivity index (χ4n) is 1.91. The van der Waals surface area contributed by atoms with E-state index >= 15 is 0 Å². The summed E-state index contributed by atoms with van der Waals surface area (Å²) in [5.41, 5.74) is 1.20. The van der Waals surface area contributed by atoms with Crippen LogP contribution in [0, 0.1) is 13.8 Å². The lowest BCUT2D eigenvalue weighted by Gasteiger charge is -2.12. The summed E-state index contributed by atoms with van der Waals surface area (Å²) in [4.78, 5) is 4.17. The lowest BCUT2D eigenvalue weighted by Crippen LogP contribution is -2.20. The van der Waals surface area contributed by atoms with Gasteiger partial charge < -0.3 is 9.73 Å². The molecule has 2 aromatic rings. The minimum Gasteiger partial charge on any atom is -0.466 e. The van der Waals surface area contributed by atoms with Crippen LogP contribution >= 0.6 is 0 Å². The van der Waals surface area contributed by atoms with E-state index < -0.39 is 0 Å². The van der Waals surface area contributed by atoms with E-state index in [1.54, 1.807) is 11.0 Å². The van der Waals surface area contributed by atoms with Crippen molar-refractivity contribution in [1.82, 2.24) is 20.1 Å². The van der Waals surface area contributed by atoms with Crippen LogP contribution in [0.15, 0.2) is 16.8 Å². The van der Waals surface area contributed by atoms with E-state index in [-0.39, 0.29) is 6.04 Å². The van der Waals surface area contributed by atoms with Gasteiger partial charge in [-0.1, -0.05) is 0 Å². The zero-order valence-electron chi connectivity index (χ0n) is 10.7. The smallest absolute Gasteiger partial charge is 0.140 e. The molecule has 0 fully saturated rings. The number of furan rings is 1. The third kappa shape index (κ3) is 2.55. The predicted molar refractivity (Wildman–Crippen MR) is 64.4 cm³/mol. The van der Waals surface area contributed by atoms with Crippen molar-refractivity contribution < 1.29 is 4.42 Å². The molecule has 0 amide bonds. The van der Waals surface area contributed by atoms with Crippen molar-refractivity contribution in [1.29, 1.82) is 0 Å². The monoisotopic (exact) mass is 234 g/mol. The molecule has 2 rings (SSSR count). The van der Waals surface area contributed by atoms with Crippen molar-refractivity contribution in [2.45, 2.75) is 33.4 Å². The zero-order valence-corrected chi connectivity index (χ0v) is 10.7. The van der Waals surface area contributed by atoms with Gasteiger partial charge in [0.1, 0.15) is 23.7 Å². The molecule has 0 aliphatic heterocycles. The van der Waals surface area contributed by atoms with E-state index in [1.165, 1.54) is 5.56 Å². The molecule has 5 heteroatoms. The molecule has 0 saturated heterocycles. The lowest BCUT2D eigenvalue weighted by atomic mass is 10.1. The molecule has 0 aliphatic carbocycles. The molecule has 1 unspecified atom stereocenters. The highest BCUT2D eigenvalue weighted by molar-refractivity contribution is 5.23. The average Bonchev–Trinajstić information content (AvgIpc) is 2.81. The summed E-state index contributed by atoms with van der Waals surface area (Å²) in [6.45, 7) is 6.77. The van der Waals surface area contributed by atoms with Gasteiger partial charge in [-0.05, 0) is 26.8 Å². The standard InChI is InChI=1S/C12H18N4O/c1-8-5-11(10(3)17-8)9(2)13-6-12-14-7-15-16(12)4/h5,7,9,13H,6H2,1-4H3. The van der Waals surface area contributed by atoms with Gasteiger partial charge in [-0.2, -0.15) is 5.10 Å². The Labute approximate surface area is 101 Å². The van der Waals surface area contributed by atoms with E-state index in [9.17, 15) is 0 Å². The molecular formula is C12H18N4O. The van der Waals surface area contributed by atoms with Crippen LogP contribution in [0.25, 0.3) is 0 Å². The van der Waals surface area contributed by atoms with Crippen molar-refractivity contribution >= 4 is 0 Å². The Hall–Kier alpha value is -1.62. The van der Waals surface area contributed by atoms with Crippen molar-refractivity contribution in [3.8, 4) is 0 Å². The third-order valence-electron chi connectivity index (χ3n) is 2.92. The Morgan fingerprint density at radius 2 is 2.24 bits per heavy atom. The third-order valence-corrected chi connectivity index (χ3v) is 2.92. The first-order chi connectivity index (χ1) is 8.08. The molecule has 0 spiro atoms. The average molecular weight is 234 g/mol. The summed E-state index contributed by atoms with van der Waals surface area (Å²) in [6.07, 6.45) is 1.56. The highest BCUT2D eigenvalue weighted by Gasteiger charge is 2.12. The van der Waals surface area contributed by atoms with E-state index in [2.05, 4.69) is 28.4 Å². The number of aromatic nitrogens is 3. The Morgan fingerprint density at radius 1 is 1.47 bits per heavy atom. The summed E-state index contributed by atoms with van der Waals surface area (Å²) in [7, 11) is 1.89. The zero-order chi connectivity index (χ0) is 12.4. The van der Waals surface area contributed by atoms with Crippen molar-refractivity contribution in [3.05, 3.63) is 35.3 Å². The maximum atomic E-state index is 5.52. The van der Waals surface area contributed by atoms with Gasteiger partial charge in [0.15, 0.2) is 0 Å². The number of nitrogens with one attached hydrogen (secondary N) is 1. The van der Waals surface area contributed by atoms with Crippen LogP contribution in [0.3, 0.4) is 0 Å². The number of hydrogen-bond donors (Lipinski definition) is 1.